The average Bonchev–Trinajstić information content (AvgIpc) is 3.02. The van der Waals surface area contributed by atoms with Crippen LogP contribution in [0.1, 0.15) is 30.9 Å². The van der Waals surface area contributed by atoms with E-state index in [1.54, 1.807) is 0 Å². The second-order valence-corrected chi connectivity index (χ2v) is 5.18. The number of nitrogens with two attached hydrogens (primary N) is 1. The Balaban J connectivity index is 1.93. The van der Waals surface area contributed by atoms with Crippen molar-refractivity contribution in [2.45, 2.75) is 37.5 Å². The zero-order valence-electron chi connectivity index (χ0n) is 10.2. The van der Waals surface area contributed by atoms with Gasteiger partial charge in [0.1, 0.15) is 0 Å². The van der Waals surface area contributed by atoms with Crippen LogP contribution in [0.4, 0.5) is 13.2 Å². The van der Waals surface area contributed by atoms with E-state index < -0.39 is 23.5 Å². The SMILES string of the molecule is NNC(c1ccc(F)c(F)c1F)C1CC2CCC1O2. The van der Waals surface area contributed by atoms with Gasteiger partial charge >= 0.3 is 0 Å². The van der Waals surface area contributed by atoms with E-state index >= 15 is 0 Å². The topological polar surface area (TPSA) is 47.3 Å². The minimum Gasteiger partial charge on any atom is -0.375 e. The van der Waals surface area contributed by atoms with Crippen LogP contribution in [0, 0.1) is 23.4 Å². The smallest absolute Gasteiger partial charge is 0.194 e. The Morgan fingerprint density at radius 2 is 2.00 bits per heavy atom. The van der Waals surface area contributed by atoms with Crippen LogP contribution in [-0.2, 0) is 4.74 Å². The Morgan fingerprint density at radius 3 is 2.58 bits per heavy atom. The summed E-state index contributed by atoms with van der Waals surface area (Å²) in [6.45, 7) is 0. The van der Waals surface area contributed by atoms with Gasteiger partial charge in [0.15, 0.2) is 17.5 Å². The number of nitrogens with one attached hydrogen (secondary N) is 1. The molecule has 104 valence electrons. The van der Waals surface area contributed by atoms with Crippen molar-refractivity contribution < 1.29 is 17.9 Å². The van der Waals surface area contributed by atoms with Gasteiger partial charge < -0.3 is 4.74 Å². The summed E-state index contributed by atoms with van der Waals surface area (Å²) in [5.41, 5.74) is 2.58. The fraction of sp³-hybridized carbons (Fsp3) is 0.538. The monoisotopic (exact) mass is 272 g/mol. The van der Waals surface area contributed by atoms with E-state index in [1.165, 1.54) is 6.07 Å². The van der Waals surface area contributed by atoms with Gasteiger partial charge in [-0.05, 0) is 25.3 Å². The van der Waals surface area contributed by atoms with E-state index in [-0.39, 0.29) is 23.7 Å². The lowest BCUT2D eigenvalue weighted by Gasteiger charge is -2.28. The highest BCUT2D eigenvalue weighted by molar-refractivity contribution is 5.25. The van der Waals surface area contributed by atoms with E-state index in [2.05, 4.69) is 5.43 Å². The first-order valence-corrected chi connectivity index (χ1v) is 6.36. The van der Waals surface area contributed by atoms with Crippen LogP contribution in [0.2, 0.25) is 0 Å². The maximum Gasteiger partial charge on any atom is 0.194 e. The molecule has 0 aliphatic carbocycles. The van der Waals surface area contributed by atoms with E-state index in [4.69, 9.17) is 10.6 Å². The van der Waals surface area contributed by atoms with E-state index in [9.17, 15) is 13.2 Å². The van der Waals surface area contributed by atoms with Gasteiger partial charge in [-0.1, -0.05) is 6.07 Å². The van der Waals surface area contributed by atoms with Crippen molar-refractivity contribution in [1.82, 2.24) is 5.43 Å². The first-order valence-electron chi connectivity index (χ1n) is 6.36. The Bertz CT molecular complexity index is 497. The molecule has 4 unspecified atom stereocenters. The average molecular weight is 272 g/mol. The molecular weight excluding hydrogens is 257 g/mol. The maximum absolute atomic E-state index is 13.8. The van der Waals surface area contributed by atoms with Gasteiger partial charge in [0.2, 0.25) is 0 Å². The van der Waals surface area contributed by atoms with Gasteiger partial charge in [0.25, 0.3) is 0 Å². The molecule has 2 fully saturated rings. The minimum atomic E-state index is -1.46. The van der Waals surface area contributed by atoms with Gasteiger partial charge in [0.05, 0.1) is 18.2 Å². The van der Waals surface area contributed by atoms with Crippen LogP contribution in [0.5, 0.6) is 0 Å². The van der Waals surface area contributed by atoms with Crippen molar-refractivity contribution in [2.75, 3.05) is 0 Å². The summed E-state index contributed by atoms with van der Waals surface area (Å²) in [6.07, 6.45) is 2.85. The van der Waals surface area contributed by atoms with Crippen LogP contribution in [0.3, 0.4) is 0 Å². The summed E-state index contributed by atoms with van der Waals surface area (Å²) < 4.78 is 45.8. The predicted molar refractivity (Wildman–Crippen MR) is 62.4 cm³/mol. The summed E-state index contributed by atoms with van der Waals surface area (Å²) in [5, 5.41) is 0. The molecule has 1 aromatic carbocycles. The Hall–Kier alpha value is -1.11. The van der Waals surface area contributed by atoms with Crippen LogP contribution in [-0.4, -0.2) is 12.2 Å². The molecule has 0 radical (unpaired) electrons. The summed E-state index contributed by atoms with van der Waals surface area (Å²) in [4.78, 5) is 0. The third-order valence-corrected chi connectivity index (χ3v) is 4.16. The first kappa shape index (κ1) is 12.9. The molecule has 6 heteroatoms. The summed E-state index contributed by atoms with van der Waals surface area (Å²) >= 11 is 0. The number of hydrogen-bond donors (Lipinski definition) is 2. The molecule has 0 amide bonds. The standard InChI is InChI=1S/C13H15F3N2O/c14-9-3-2-7(11(15)12(9)16)13(18-17)8-5-6-1-4-10(8)19-6/h2-3,6,8,10,13,18H,1,4-5,17H2. The molecular formula is C13H15F3N2O. The molecule has 2 aliphatic heterocycles. The molecule has 2 heterocycles. The van der Waals surface area contributed by atoms with E-state index in [0.29, 0.717) is 0 Å². The lowest BCUT2D eigenvalue weighted by atomic mass is 9.81. The van der Waals surface area contributed by atoms with Crippen molar-refractivity contribution >= 4 is 0 Å². The quantitative estimate of drug-likeness (QED) is 0.503. The molecule has 0 spiro atoms. The van der Waals surface area contributed by atoms with Crippen LogP contribution in [0.25, 0.3) is 0 Å². The highest BCUT2D eigenvalue weighted by atomic mass is 19.2. The van der Waals surface area contributed by atoms with Gasteiger partial charge in [-0.15, -0.1) is 0 Å². The lowest BCUT2D eigenvalue weighted by Crippen LogP contribution is -2.38. The fourth-order valence-corrected chi connectivity index (χ4v) is 3.25. The van der Waals surface area contributed by atoms with Crippen molar-refractivity contribution in [1.29, 1.82) is 0 Å². The van der Waals surface area contributed by atoms with Crippen molar-refractivity contribution in [3.63, 3.8) is 0 Å². The summed E-state index contributed by atoms with van der Waals surface area (Å²) in [6, 6.07) is 1.60. The van der Waals surface area contributed by atoms with Crippen LogP contribution in [0.15, 0.2) is 12.1 Å². The molecule has 3 rings (SSSR count). The number of fused-ring (bicyclic) bond motifs is 2. The highest BCUT2D eigenvalue weighted by Gasteiger charge is 2.45. The van der Waals surface area contributed by atoms with Gasteiger partial charge in [-0.25, -0.2) is 13.2 Å². The molecule has 2 aliphatic rings. The van der Waals surface area contributed by atoms with Crippen molar-refractivity contribution in [2.24, 2.45) is 11.8 Å². The number of benzene rings is 1. The number of rotatable bonds is 3. The van der Waals surface area contributed by atoms with Crippen molar-refractivity contribution in [3.05, 3.63) is 35.1 Å². The van der Waals surface area contributed by atoms with Crippen LogP contribution >= 0.6 is 0 Å². The highest BCUT2D eigenvalue weighted by Crippen LogP contribution is 2.45. The second kappa shape index (κ2) is 4.77. The number of hydrazine groups is 1. The molecule has 1 aromatic rings. The zero-order valence-corrected chi connectivity index (χ0v) is 10.2. The summed E-state index contributed by atoms with van der Waals surface area (Å²) in [5.74, 6) is 1.65. The van der Waals surface area contributed by atoms with Crippen molar-refractivity contribution in [3.8, 4) is 0 Å². The molecule has 3 N–H and O–H groups in total. The molecule has 0 aromatic heterocycles. The second-order valence-electron chi connectivity index (χ2n) is 5.18. The maximum atomic E-state index is 13.8. The predicted octanol–water partition coefficient (Wildman–Crippen LogP) is 2.18. The fourth-order valence-electron chi connectivity index (χ4n) is 3.25. The third kappa shape index (κ3) is 2.04. The molecule has 2 saturated heterocycles. The molecule has 4 atom stereocenters. The summed E-state index contributed by atoms with van der Waals surface area (Å²) in [7, 11) is 0. The Labute approximate surface area is 108 Å². The largest absolute Gasteiger partial charge is 0.375 e. The lowest BCUT2D eigenvalue weighted by molar-refractivity contribution is 0.0853. The van der Waals surface area contributed by atoms with Gasteiger partial charge in [-0.2, -0.15) is 0 Å². The third-order valence-electron chi connectivity index (χ3n) is 4.16. The Morgan fingerprint density at radius 1 is 1.21 bits per heavy atom. The van der Waals surface area contributed by atoms with E-state index in [0.717, 1.165) is 25.3 Å². The number of halogens is 3. The zero-order chi connectivity index (χ0) is 13.6. The first-order chi connectivity index (χ1) is 9.11. The Kier molecular flexibility index (Phi) is 3.24. The molecule has 2 bridgehead atoms. The molecule has 19 heavy (non-hydrogen) atoms. The van der Waals surface area contributed by atoms with Gasteiger partial charge in [0, 0.05) is 11.5 Å². The number of ether oxygens (including phenoxy) is 1. The minimum absolute atomic E-state index is 0.0110. The normalized spacial score (nSPS) is 30.8. The number of hydrogen-bond acceptors (Lipinski definition) is 3. The van der Waals surface area contributed by atoms with Crippen LogP contribution < -0.4 is 11.3 Å². The van der Waals surface area contributed by atoms with Gasteiger partial charge in [-0.3, -0.25) is 11.3 Å². The van der Waals surface area contributed by atoms with E-state index in [1.807, 2.05) is 0 Å². The molecule has 0 saturated carbocycles. The molecule has 3 nitrogen and oxygen atoms in total.